The number of morpholine rings is 1. The van der Waals surface area contributed by atoms with Gasteiger partial charge in [0.25, 0.3) is 0 Å². The van der Waals surface area contributed by atoms with Crippen LogP contribution in [-0.4, -0.2) is 40.6 Å². The lowest BCUT2D eigenvalue weighted by Gasteiger charge is -2.39. The number of carboxylic acids is 1. The molecule has 5 heteroatoms. The van der Waals surface area contributed by atoms with E-state index in [1.54, 1.807) is 4.90 Å². The van der Waals surface area contributed by atoms with E-state index in [0.29, 0.717) is 0 Å². The topological polar surface area (TPSA) is 66.8 Å². The maximum absolute atomic E-state index is 12.0. The molecule has 1 amide bonds. The molecule has 1 aliphatic heterocycles. The summed E-state index contributed by atoms with van der Waals surface area (Å²) in [5, 5.41) is 9.31. The Kier molecular flexibility index (Phi) is 2.98. The molecular weight excluding hydrogens is 246 g/mol. The molecular formula is C14H15NO4. The van der Waals surface area contributed by atoms with E-state index in [2.05, 4.69) is 0 Å². The number of carbonyl (C=O) groups excluding carboxylic acids is 1. The third-order valence-electron chi connectivity index (χ3n) is 3.59. The van der Waals surface area contributed by atoms with Crippen LogP contribution >= 0.6 is 0 Å². The summed E-state index contributed by atoms with van der Waals surface area (Å²) in [6, 6.07) is 8.90. The quantitative estimate of drug-likeness (QED) is 0.888. The number of carbonyl (C=O) groups is 2. The van der Waals surface area contributed by atoms with Crippen LogP contribution in [0.5, 0.6) is 0 Å². The van der Waals surface area contributed by atoms with E-state index in [1.165, 1.54) is 0 Å². The highest BCUT2D eigenvalue weighted by Crippen LogP contribution is 2.39. The molecule has 1 aliphatic carbocycles. The Hall–Kier alpha value is -1.88. The number of hydrogen-bond donors (Lipinski definition) is 1. The third-order valence-corrected chi connectivity index (χ3v) is 3.59. The zero-order chi connectivity index (χ0) is 13.4. The highest BCUT2D eigenvalue weighted by molar-refractivity contribution is 5.83. The number of aliphatic carboxylic acids is 1. The molecule has 1 saturated carbocycles. The van der Waals surface area contributed by atoms with E-state index in [9.17, 15) is 14.7 Å². The minimum atomic E-state index is -1.02. The van der Waals surface area contributed by atoms with Gasteiger partial charge in [0.05, 0.1) is 6.04 Å². The van der Waals surface area contributed by atoms with Gasteiger partial charge in [-0.25, -0.2) is 4.79 Å². The minimum Gasteiger partial charge on any atom is -0.479 e. The van der Waals surface area contributed by atoms with E-state index >= 15 is 0 Å². The Morgan fingerprint density at radius 2 is 1.95 bits per heavy atom. The average Bonchev–Trinajstić information content (AvgIpc) is 3.23. The molecule has 1 aromatic carbocycles. The minimum absolute atomic E-state index is 0.117. The van der Waals surface area contributed by atoms with Gasteiger partial charge in [0.2, 0.25) is 5.91 Å². The highest BCUT2D eigenvalue weighted by Gasteiger charge is 2.47. The number of nitrogens with zero attached hydrogens (tertiary/aromatic N) is 1. The first-order chi connectivity index (χ1) is 9.18. The fourth-order valence-corrected chi connectivity index (χ4v) is 2.60. The van der Waals surface area contributed by atoms with Crippen LogP contribution in [0.1, 0.15) is 24.4 Å². The summed E-state index contributed by atoms with van der Waals surface area (Å²) in [5.41, 5.74) is 0.815. The SMILES string of the molecule is O=C(O)C1OCC(=O)N(C2CC2)C1c1ccccc1. The Labute approximate surface area is 110 Å². The van der Waals surface area contributed by atoms with Crippen molar-refractivity contribution in [2.24, 2.45) is 0 Å². The molecule has 2 unspecified atom stereocenters. The summed E-state index contributed by atoms with van der Waals surface area (Å²) in [4.78, 5) is 25.1. The molecule has 2 fully saturated rings. The van der Waals surface area contributed by atoms with Crippen molar-refractivity contribution in [3.8, 4) is 0 Å². The van der Waals surface area contributed by atoms with Gasteiger partial charge in [-0.2, -0.15) is 0 Å². The molecule has 1 N–H and O–H groups in total. The fraction of sp³-hybridized carbons (Fsp3) is 0.429. The molecule has 3 rings (SSSR count). The standard InChI is InChI=1S/C14H15NO4/c16-11-8-19-13(14(17)18)12(15(11)10-6-7-10)9-4-2-1-3-5-9/h1-5,10,12-13H,6-8H2,(H,17,18). The third kappa shape index (κ3) is 2.21. The van der Waals surface area contributed by atoms with E-state index in [-0.39, 0.29) is 18.6 Å². The highest BCUT2D eigenvalue weighted by atomic mass is 16.5. The van der Waals surface area contributed by atoms with Crippen molar-refractivity contribution in [3.05, 3.63) is 35.9 Å². The monoisotopic (exact) mass is 261 g/mol. The second kappa shape index (κ2) is 4.66. The Bertz CT molecular complexity index is 497. The lowest BCUT2D eigenvalue weighted by atomic mass is 9.97. The maximum atomic E-state index is 12.0. The summed E-state index contributed by atoms with van der Waals surface area (Å²) in [6.45, 7) is -0.142. The van der Waals surface area contributed by atoms with Crippen LogP contribution in [0.15, 0.2) is 30.3 Å². The number of rotatable bonds is 3. The Balaban J connectivity index is 2.00. The van der Waals surface area contributed by atoms with Crippen LogP contribution < -0.4 is 0 Å². The molecule has 1 aromatic rings. The molecule has 100 valence electrons. The molecule has 0 radical (unpaired) electrons. The second-order valence-electron chi connectivity index (χ2n) is 4.96. The van der Waals surface area contributed by atoms with Crippen LogP contribution in [0.3, 0.4) is 0 Å². The average molecular weight is 261 g/mol. The largest absolute Gasteiger partial charge is 0.479 e. The maximum Gasteiger partial charge on any atom is 0.335 e. The van der Waals surface area contributed by atoms with Crippen LogP contribution in [0, 0.1) is 0 Å². The number of benzene rings is 1. The van der Waals surface area contributed by atoms with Gasteiger partial charge in [-0.15, -0.1) is 0 Å². The zero-order valence-electron chi connectivity index (χ0n) is 10.4. The van der Waals surface area contributed by atoms with Crippen LogP contribution in [0.4, 0.5) is 0 Å². The van der Waals surface area contributed by atoms with Crippen molar-refractivity contribution < 1.29 is 19.4 Å². The van der Waals surface area contributed by atoms with Gasteiger partial charge in [-0.05, 0) is 18.4 Å². The van der Waals surface area contributed by atoms with Crippen molar-refractivity contribution in [1.29, 1.82) is 0 Å². The van der Waals surface area contributed by atoms with Crippen molar-refractivity contribution >= 4 is 11.9 Å². The molecule has 1 saturated heterocycles. The molecule has 2 atom stereocenters. The predicted octanol–water partition coefficient (Wildman–Crippen LogP) is 1.20. The van der Waals surface area contributed by atoms with Crippen molar-refractivity contribution in [2.45, 2.75) is 31.0 Å². The summed E-state index contributed by atoms with van der Waals surface area (Å²) >= 11 is 0. The van der Waals surface area contributed by atoms with Crippen molar-refractivity contribution in [1.82, 2.24) is 4.90 Å². The fourth-order valence-electron chi connectivity index (χ4n) is 2.60. The summed E-state index contributed by atoms with van der Waals surface area (Å²) in [5.74, 6) is -1.14. The summed E-state index contributed by atoms with van der Waals surface area (Å²) in [7, 11) is 0. The Morgan fingerprint density at radius 3 is 2.53 bits per heavy atom. The van der Waals surface area contributed by atoms with Crippen LogP contribution in [0.25, 0.3) is 0 Å². The Morgan fingerprint density at radius 1 is 1.26 bits per heavy atom. The summed E-state index contributed by atoms with van der Waals surface area (Å²) in [6.07, 6.45) is 0.906. The lowest BCUT2D eigenvalue weighted by Crippen LogP contribution is -2.52. The molecule has 0 aromatic heterocycles. The van der Waals surface area contributed by atoms with E-state index in [4.69, 9.17) is 4.74 Å². The van der Waals surface area contributed by atoms with Crippen molar-refractivity contribution in [3.63, 3.8) is 0 Å². The van der Waals surface area contributed by atoms with Gasteiger partial charge >= 0.3 is 5.97 Å². The molecule has 1 heterocycles. The van der Waals surface area contributed by atoms with E-state index in [0.717, 1.165) is 18.4 Å². The number of ether oxygens (including phenoxy) is 1. The van der Waals surface area contributed by atoms with E-state index < -0.39 is 18.1 Å². The van der Waals surface area contributed by atoms with Gasteiger partial charge in [-0.3, -0.25) is 4.79 Å². The lowest BCUT2D eigenvalue weighted by molar-refractivity contribution is -0.174. The van der Waals surface area contributed by atoms with Gasteiger partial charge in [-0.1, -0.05) is 30.3 Å². The number of hydrogen-bond acceptors (Lipinski definition) is 3. The number of carboxylic acid groups (broad SMARTS) is 1. The molecule has 5 nitrogen and oxygen atoms in total. The second-order valence-corrected chi connectivity index (χ2v) is 4.96. The predicted molar refractivity (Wildman–Crippen MR) is 66.4 cm³/mol. The van der Waals surface area contributed by atoms with Crippen LogP contribution in [0.2, 0.25) is 0 Å². The summed E-state index contributed by atoms with van der Waals surface area (Å²) < 4.78 is 5.24. The van der Waals surface area contributed by atoms with E-state index in [1.807, 2.05) is 30.3 Å². The molecule has 0 bridgehead atoms. The van der Waals surface area contributed by atoms with Crippen LogP contribution in [-0.2, 0) is 14.3 Å². The normalized spacial score (nSPS) is 27.4. The first kappa shape index (κ1) is 12.2. The van der Waals surface area contributed by atoms with Crippen molar-refractivity contribution in [2.75, 3.05) is 6.61 Å². The van der Waals surface area contributed by atoms with Gasteiger partial charge < -0.3 is 14.7 Å². The smallest absolute Gasteiger partial charge is 0.335 e. The molecule has 19 heavy (non-hydrogen) atoms. The molecule has 2 aliphatic rings. The zero-order valence-corrected chi connectivity index (χ0v) is 10.4. The molecule has 0 spiro atoms. The van der Waals surface area contributed by atoms with Gasteiger partial charge in [0.1, 0.15) is 6.61 Å². The first-order valence-corrected chi connectivity index (χ1v) is 6.39. The first-order valence-electron chi connectivity index (χ1n) is 6.39. The number of amides is 1. The van der Waals surface area contributed by atoms with Gasteiger partial charge in [0, 0.05) is 6.04 Å². The van der Waals surface area contributed by atoms with Gasteiger partial charge in [0.15, 0.2) is 6.10 Å².